The maximum atomic E-state index is 14.0. The number of hydrogen-bond acceptors (Lipinski definition) is 7. The van der Waals surface area contributed by atoms with Crippen LogP contribution < -0.4 is 20.9 Å². The molecular formula is C37H53F4N3O7. The first-order valence-electron chi connectivity index (χ1n) is 17.9. The van der Waals surface area contributed by atoms with E-state index in [1.54, 1.807) is 26.2 Å². The molecule has 0 saturated heterocycles. The highest BCUT2D eigenvalue weighted by Gasteiger charge is 2.30. The third kappa shape index (κ3) is 14.7. The average molecular weight is 728 g/mol. The third-order valence-corrected chi connectivity index (χ3v) is 8.75. The summed E-state index contributed by atoms with van der Waals surface area (Å²) in [6.07, 6.45) is 16.1. The summed E-state index contributed by atoms with van der Waals surface area (Å²) >= 11 is 0. The number of Topliss-reactive ketones (excluding diaryl/α,β-unsaturated/α-hetero) is 1. The topological polar surface area (TPSA) is 136 Å². The second-order valence-corrected chi connectivity index (χ2v) is 12.7. The van der Waals surface area contributed by atoms with Gasteiger partial charge in [0.25, 0.3) is 5.56 Å². The Morgan fingerprint density at radius 3 is 1.98 bits per heavy atom. The number of nitrogens with zero attached hydrogens (tertiary/aromatic N) is 1. The number of carbonyl (C=O) groups is 3. The van der Waals surface area contributed by atoms with Gasteiger partial charge in [0.2, 0.25) is 17.5 Å². The van der Waals surface area contributed by atoms with Crippen LogP contribution in [-0.4, -0.2) is 59.7 Å². The highest BCUT2D eigenvalue weighted by atomic mass is 19.2. The van der Waals surface area contributed by atoms with Crippen molar-refractivity contribution in [2.75, 3.05) is 25.6 Å². The number of aliphatic carboxylic acids is 1. The number of hydrogen-bond donors (Lipinski definition) is 3. The van der Waals surface area contributed by atoms with E-state index >= 15 is 0 Å². The number of ketones is 1. The molecule has 0 aliphatic heterocycles. The maximum absolute atomic E-state index is 14.0. The Morgan fingerprint density at radius 2 is 1.45 bits per heavy atom. The monoisotopic (exact) mass is 727 g/mol. The van der Waals surface area contributed by atoms with Crippen LogP contribution in [0.1, 0.15) is 116 Å². The van der Waals surface area contributed by atoms with E-state index in [0.29, 0.717) is 6.54 Å². The molecule has 0 fully saturated rings. The molecule has 0 saturated carbocycles. The van der Waals surface area contributed by atoms with E-state index in [9.17, 15) is 41.8 Å². The van der Waals surface area contributed by atoms with Crippen molar-refractivity contribution >= 4 is 23.3 Å². The second-order valence-electron chi connectivity index (χ2n) is 12.7. The number of carboxylic acids is 1. The van der Waals surface area contributed by atoms with E-state index in [1.165, 1.54) is 70.4 Å². The van der Waals surface area contributed by atoms with Crippen molar-refractivity contribution in [2.45, 2.75) is 128 Å². The van der Waals surface area contributed by atoms with Crippen molar-refractivity contribution in [1.82, 2.24) is 9.88 Å². The molecule has 3 atom stereocenters. The minimum atomic E-state index is -1.89. The van der Waals surface area contributed by atoms with Crippen molar-refractivity contribution < 1.29 is 46.5 Å². The molecule has 0 aliphatic carbocycles. The van der Waals surface area contributed by atoms with E-state index < -0.39 is 77.3 Å². The van der Waals surface area contributed by atoms with Gasteiger partial charge in [-0.15, -0.1) is 0 Å². The first kappa shape index (κ1) is 43.2. The first-order valence-corrected chi connectivity index (χ1v) is 17.9. The maximum Gasteiger partial charge on any atom is 0.305 e. The Bertz CT molecular complexity index is 1430. The zero-order valence-electron chi connectivity index (χ0n) is 29.9. The minimum absolute atomic E-state index is 0.0411. The lowest BCUT2D eigenvalue weighted by atomic mass is 10.0. The van der Waals surface area contributed by atoms with E-state index in [-0.39, 0.29) is 24.3 Å². The summed E-state index contributed by atoms with van der Waals surface area (Å²) in [6.45, 7) is 2.96. The molecule has 0 aliphatic rings. The average Bonchev–Trinajstić information content (AvgIpc) is 3.10. The van der Waals surface area contributed by atoms with Gasteiger partial charge in [-0.05, 0) is 25.0 Å². The number of amides is 1. The lowest BCUT2D eigenvalue weighted by Crippen LogP contribution is -2.48. The molecule has 14 heteroatoms. The van der Waals surface area contributed by atoms with Gasteiger partial charge in [0.05, 0.1) is 12.5 Å². The fourth-order valence-electron chi connectivity index (χ4n) is 5.75. The van der Waals surface area contributed by atoms with Crippen molar-refractivity contribution in [2.24, 2.45) is 0 Å². The fourth-order valence-corrected chi connectivity index (χ4v) is 5.75. The largest absolute Gasteiger partial charge is 0.481 e. The molecule has 2 rings (SSSR count). The summed E-state index contributed by atoms with van der Waals surface area (Å²) in [7, 11) is 1.61. The Hall–Kier alpha value is -3.94. The van der Waals surface area contributed by atoms with Crippen LogP contribution in [0.3, 0.4) is 0 Å². The van der Waals surface area contributed by atoms with Gasteiger partial charge in [-0.1, -0.05) is 90.9 Å². The molecule has 0 spiro atoms. The molecular weight excluding hydrogens is 674 g/mol. The summed E-state index contributed by atoms with van der Waals surface area (Å²) in [5.41, 5.74) is -0.332. The van der Waals surface area contributed by atoms with Gasteiger partial charge < -0.3 is 29.8 Å². The van der Waals surface area contributed by atoms with Crippen molar-refractivity contribution in [3.63, 3.8) is 0 Å². The molecule has 1 unspecified atom stereocenters. The molecule has 51 heavy (non-hydrogen) atoms. The van der Waals surface area contributed by atoms with Crippen molar-refractivity contribution in [3.8, 4) is 5.75 Å². The smallest absolute Gasteiger partial charge is 0.305 e. The molecule has 0 radical (unpaired) electrons. The zero-order chi connectivity index (χ0) is 37.8. The predicted octanol–water partition coefficient (Wildman–Crippen LogP) is 7.48. The number of methoxy groups -OCH3 is 1. The fraction of sp³-hybridized carbons (Fsp3) is 0.622. The number of halogens is 4. The summed E-state index contributed by atoms with van der Waals surface area (Å²) in [5, 5.41) is 14.7. The van der Waals surface area contributed by atoms with E-state index in [1.807, 2.05) is 0 Å². The first-order chi connectivity index (χ1) is 24.4. The number of pyridine rings is 1. The normalized spacial score (nSPS) is 13.0. The van der Waals surface area contributed by atoms with Gasteiger partial charge in [-0.3, -0.25) is 19.2 Å². The highest BCUT2D eigenvalue weighted by Crippen LogP contribution is 2.26. The van der Waals surface area contributed by atoms with Gasteiger partial charge in [-0.2, -0.15) is 8.78 Å². The number of carbonyl (C=O) groups excluding carboxylic acids is 2. The summed E-state index contributed by atoms with van der Waals surface area (Å²) in [5.74, 6) is -12.4. The molecule has 3 N–H and O–H groups in total. The van der Waals surface area contributed by atoms with E-state index in [4.69, 9.17) is 4.74 Å². The molecule has 1 aromatic heterocycles. The summed E-state index contributed by atoms with van der Waals surface area (Å²) in [6, 6.07) is 0.146. The molecule has 1 heterocycles. The van der Waals surface area contributed by atoms with Crippen molar-refractivity contribution in [3.05, 3.63) is 58.0 Å². The van der Waals surface area contributed by atoms with Gasteiger partial charge in [-0.25, -0.2) is 8.78 Å². The number of anilines is 1. The van der Waals surface area contributed by atoms with Crippen LogP contribution in [-0.2, 0) is 19.1 Å². The Labute approximate surface area is 297 Å². The summed E-state index contributed by atoms with van der Waals surface area (Å²) in [4.78, 5) is 51.0. The van der Waals surface area contributed by atoms with Crippen LogP contribution in [0, 0.1) is 23.3 Å². The van der Waals surface area contributed by atoms with Crippen LogP contribution >= 0.6 is 0 Å². The third-order valence-electron chi connectivity index (χ3n) is 8.75. The van der Waals surface area contributed by atoms with Crippen LogP contribution in [0.15, 0.2) is 29.2 Å². The van der Waals surface area contributed by atoms with Gasteiger partial charge in [0.1, 0.15) is 24.4 Å². The number of nitrogens with one attached hydrogen (secondary N) is 2. The number of benzene rings is 1. The van der Waals surface area contributed by atoms with Crippen LogP contribution in [0.25, 0.3) is 0 Å². The Kier molecular flexibility index (Phi) is 19.9. The standard InChI is InChI=1S/C37H53F4N3O7/c1-4-6-7-8-9-10-11-12-13-14-15-16-18-25(50-3)23-42-28-19-17-20-44(37(28)49)30(5-2)36(48)43-29(22-32(46)47)31(45)24-51-35-33(40)26(38)21-27(39)34(35)41/h17,19-21,25,29-30,42H,4-16,18,22-24H2,1-3H3,(H,43,48)(H,46,47)/t25?,29-,30-/m0/s1. The summed E-state index contributed by atoms with van der Waals surface area (Å²) < 4.78 is 66.4. The number of aromatic nitrogens is 1. The van der Waals surface area contributed by atoms with Crippen LogP contribution in [0.2, 0.25) is 0 Å². The predicted molar refractivity (Wildman–Crippen MR) is 186 cm³/mol. The molecule has 1 amide bonds. The Balaban J connectivity index is 1.94. The number of rotatable bonds is 27. The van der Waals surface area contributed by atoms with E-state index in [2.05, 4.69) is 22.3 Å². The van der Waals surface area contributed by atoms with Crippen molar-refractivity contribution in [1.29, 1.82) is 0 Å². The lowest BCUT2D eigenvalue weighted by molar-refractivity contribution is -0.140. The van der Waals surface area contributed by atoms with Crippen LogP contribution in [0.5, 0.6) is 5.75 Å². The number of carboxylic acid groups (broad SMARTS) is 1. The minimum Gasteiger partial charge on any atom is -0.481 e. The molecule has 0 bridgehead atoms. The van der Waals surface area contributed by atoms with Gasteiger partial charge in [0.15, 0.2) is 23.2 Å². The SMILES string of the molecule is CCCCCCCCCCCCCCC(CNc1cccn([C@@H](CC)C(=O)N[C@@H](CC(=O)O)C(=O)COc2c(F)c(F)cc(F)c2F)c1=O)OC. The number of unbranched alkanes of at least 4 members (excludes halogenated alkanes) is 11. The molecule has 10 nitrogen and oxygen atoms in total. The molecule has 286 valence electrons. The second kappa shape index (κ2) is 23.5. The number of ether oxygens (including phenoxy) is 2. The quantitative estimate of drug-likeness (QED) is 0.0490. The Morgan fingerprint density at radius 1 is 0.882 bits per heavy atom. The van der Waals surface area contributed by atoms with Crippen LogP contribution in [0.4, 0.5) is 23.2 Å². The zero-order valence-corrected chi connectivity index (χ0v) is 29.9. The highest BCUT2D eigenvalue weighted by molar-refractivity contribution is 5.93. The van der Waals surface area contributed by atoms with Gasteiger partial charge >= 0.3 is 5.97 Å². The van der Waals surface area contributed by atoms with Gasteiger partial charge in [0, 0.05) is 25.9 Å². The lowest BCUT2D eigenvalue weighted by Gasteiger charge is -2.23. The van der Waals surface area contributed by atoms with E-state index in [0.717, 1.165) is 23.8 Å². The molecule has 1 aromatic carbocycles. The molecule has 2 aromatic rings.